The van der Waals surface area contributed by atoms with Gasteiger partial charge in [-0.2, -0.15) is 5.26 Å². The van der Waals surface area contributed by atoms with Crippen LogP contribution < -0.4 is 10.1 Å². The third-order valence-corrected chi connectivity index (χ3v) is 3.91. The van der Waals surface area contributed by atoms with Crippen LogP contribution in [0.2, 0.25) is 5.02 Å². The molecule has 27 heavy (non-hydrogen) atoms. The average Bonchev–Trinajstić information content (AvgIpc) is 2.62. The van der Waals surface area contributed by atoms with E-state index in [1.54, 1.807) is 12.1 Å². The minimum atomic E-state index is -0.981. The summed E-state index contributed by atoms with van der Waals surface area (Å²) < 4.78 is 10.6. The van der Waals surface area contributed by atoms with Crippen LogP contribution in [0.15, 0.2) is 42.5 Å². The summed E-state index contributed by atoms with van der Waals surface area (Å²) in [6.07, 6.45) is -0.959. The van der Waals surface area contributed by atoms with Crippen molar-refractivity contribution in [3.05, 3.63) is 58.6 Å². The van der Waals surface area contributed by atoms with Gasteiger partial charge in [0.25, 0.3) is 5.91 Å². The summed E-state index contributed by atoms with van der Waals surface area (Å²) in [7, 11) is 0. The lowest BCUT2D eigenvalue weighted by Gasteiger charge is -2.14. The minimum absolute atomic E-state index is 0.0221. The first-order valence-electron chi connectivity index (χ1n) is 8.28. The first-order chi connectivity index (χ1) is 12.9. The van der Waals surface area contributed by atoms with Gasteiger partial charge in [-0.1, -0.05) is 23.7 Å². The lowest BCUT2D eigenvalue weighted by Crippen LogP contribution is -2.30. The highest BCUT2D eigenvalue weighted by molar-refractivity contribution is 6.32. The molecule has 1 atom stereocenters. The Labute approximate surface area is 162 Å². The Morgan fingerprint density at radius 3 is 2.70 bits per heavy atom. The van der Waals surface area contributed by atoms with Gasteiger partial charge in [-0.05, 0) is 49.7 Å². The summed E-state index contributed by atoms with van der Waals surface area (Å²) in [5, 5.41) is 11.7. The van der Waals surface area contributed by atoms with Crippen molar-refractivity contribution in [3.63, 3.8) is 0 Å². The highest BCUT2D eigenvalue weighted by Gasteiger charge is 2.18. The van der Waals surface area contributed by atoms with E-state index < -0.39 is 18.0 Å². The largest absolute Gasteiger partial charge is 0.493 e. The molecule has 0 aliphatic carbocycles. The molecule has 6 nitrogen and oxygen atoms in total. The second-order valence-electron chi connectivity index (χ2n) is 5.84. The van der Waals surface area contributed by atoms with E-state index in [-0.39, 0.29) is 18.1 Å². The Bertz CT molecular complexity index is 877. The fourth-order valence-corrected chi connectivity index (χ4v) is 2.42. The summed E-state index contributed by atoms with van der Waals surface area (Å²) in [6.45, 7) is 3.57. The Morgan fingerprint density at radius 2 is 2.04 bits per heavy atom. The zero-order chi connectivity index (χ0) is 19.8. The number of esters is 1. The van der Waals surface area contributed by atoms with Gasteiger partial charge in [0.05, 0.1) is 23.6 Å². The smallest absolute Gasteiger partial charge is 0.310 e. The molecule has 0 saturated carbocycles. The number of anilines is 1. The van der Waals surface area contributed by atoms with E-state index in [0.717, 1.165) is 5.56 Å². The van der Waals surface area contributed by atoms with Crippen LogP contribution in [0.1, 0.15) is 24.5 Å². The van der Waals surface area contributed by atoms with Crippen molar-refractivity contribution >= 4 is 29.2 Å². The third kappa shape index (κ3) is 6.32. The maximum Gasteiger partial charge on any atom is 0.310 e. The molecule has 0 aliphatic rings. The molecule has 0 fully saturated rings. The third-order valence-electron chi connectivity index (χ3n) is 3.60. The van der Waals surface area contributed by atoms with Crippen LogP contribution in [0.4, 0.5) is 5.69 Å². The molecule has 140 valence electrons. The summed E-state index contributed by atoms with van der Waals surface area (Å²) in [5.74, 6) is -0.363. The Balaban J connectivity index is 1.78. The maximum atomic E-state index is 12.1. The van der Waals surface area contributed by atoms with E-state index in [4.69, 9.17) is 26.3 Å². The van der Waals surface area contributed by atoms with Gasteiger partial charge in [-0.3, -0.25) is 9.59 Å². The standard InChI is InChI=1S/C20H19ClN2O4/c1-13-4-3-5-17(10-13)26-9-8-19(24)27-14(2)20(25)23-16-7-6-15(12-22)18(21)11-16/h3-7,10-11,14H,8-9H2,1-2H3,(H,23,25)/t14-/m0/s1. The van der Waals surface area contributed by atoms with Crippen LogP contribution >= 0.6 is 11.6 Å². The van der Waals surface area contributed by atoms with Crippen LogP contribution in [0, 0.1) is 18.3 Å². The fraction of sp³-hybridized carbons (Fsp3) is 0.250. The number of rotatable bonds is 7. The molecule has 7 heteroatoms. The second-order valence-corrected chi connectivity index (χ2v) is 6.25. The lowest BCUT2D eigenvalue weighted by molar-refractivity contribution is -0.153. The molecule has 0 unspecified atom stereocenters. The van der Waals surface area contributed by atoms with Crippen molar-refractivity contribution in [3.8, 4) is 11.8 Å². The number of benzene rings is 2. The first kappa shape index (κ1) is 20.3. The summed E-state index contributed by atoms with van der Waals surface area (Å²) in [6, 6.07) is 13.9. The highest BCUT2D eigenvalue weighted by atomic mass is 35.5. The molecule has 0 saturated heterocycles. The Hall–Kier alpha value is -3.04. The molecule has 0 radical (unpaired) electrons. The van der Waals surface area contributed by atoms with Gasteiger partial charge in [0.2, 0.25) is 0 Å². The second kappa shape index (κ2) is 9.60. The number of halogens is 1. The van der Waals surface area contributed by atoms with Crippen LogP contribution in [-0.2, 0) is 14.3 Å². The normalized spacial score (nSPS) is 11.2. The van der Waals surface area contributed by atoms with Crippen LogP contribution in [0.25, 0.3) is 0 Å². The zero-order valence-corrected chi connectivity index (χ0v) is 15.7. The van der Waals surface area contributed by atoms with Crippen molar-refractivity contribution in [2.24, 2.45) is 0 Å². The molecule has 0 bridgehead atoms. The minimum Gasteiger partial charge on any atom is -0.493 e. The number of amides is 1. The van der Waals surface area contributed by atoms with Crippen LogP contribution in [0.3, 0.4) is 0 Å². The van der Waals surface area contributed by atoms with E-state index in [2.05, 4.69) is 5.32 Å². The predicted octanol–water partition coefficient (Wildman–Crippen LogP) is 3.86. The van der Waals surface area contributed by atoms with E-state index in [1.165, 1.54) is 19.1 Å². The summed E-state index contributed by atoms with van der Waals surface area (Å²) in [5.41, 5.74) is 1.78. The van der Waals surface area contributed by atoms with Crippen LogP contribution in [0.5, 0.6) is 5.75 Å². The zero-order valence-electron chi connectivity index (χ0n) is 15.0. The maximum absolute atomic E-state index is 12.1. The van der Waals surface area contributed by atoms with Crippen molar-refractivity contribution < 1.29 is 19.1 Å². The van der Waals surface area contributed by atoms with Crippen molar-refractivity contribution in [1.29, 1.82) is 5.26 Å². The Morgan fingerprint density at radius 1 is 1.26 bits per heavy atom. The summed E-state index contributed by atoms with van der Waals surface area (Å²) in [4.78, 5) is 24.0. The lowest BCUT2D eigenvalue weighted by atomic mass is 10.2. The number of carbonyl (C=O) groups is 2. The number of nitrogens with one attached hydrogen (secondary N) is 1. The van der Waals surface area contributed by atoms with Gasteiger partial charge in [-0.15, -0.1) is 0 Å². The van der Waals surface area contributed by atoms with Gasteiger partial charge in [0, 0.05) is 5.69 Å². The van der Waals surface area contributed by atoms with E-state index in [9.17, 15) is 9.59 Å². The number of ether oxygens (including phenoxy) is 2. The van der Waals surface area contributed by atoms with Gasteiger partial charge >= 0.3 is 5.97 Å². The molecule has 2 aromatic carbocycles. The predicted molar refractivity (Wildman–Crippen MR) is 102 cm³/mol. The van der Waals surface area contributed by atoms with Gasteiger partial charge < -0.3 is 14.8 Å². The number of carbonyl (C=O) groups excluding carboxylic acids is 2. The molecule has 0 spiro atoms. The molecule has 0 aromatic heterocycles. The number of hydrogen-bond acceptors (Lipinski definition) is 5. The molecular weight excluding hydrogens is 368 g/mol. The fourth-order valence-electron chi connectivity index (χ4n) is 2.19. The molecule has 2 aromatic rings. The van der Waals surface area contributed by atoms with E-state index >= 15 is 0 Å². The van der Waals surface area contributed by atoms with E-state index in [1.807, 2.05) is 31.2 Å². The monoisotopic (exact) mass is 386 g/mol. The van der Waals surface area contributed by atoms with Gasteiger partial charge in [0.1, 0.15) is 11.8 Å². The van der Waals surface area contributed by atoms with Gasteiger partial charge in [0.15, 0.2) is 6.10 Å². The summed E-state index contributed by atoms with van der Waals surface area (Å²) >= 11 is 5.92. The van der Waals surface area contributed by atoms with Crippen molar-refractivity contribution in [1.82, 2.24) is 0 Å². The van der Waals surface area contributed by atoms with Crippen molar-refractivity contribution in [2.75, 3.05) is 11.9 Å². The quantitative estimate of drug-likeness (QED) is 0.730. The Kier molecular flexibility index (Phi) is 7.21. The molecular formula is C20H19ClN2O4. The molecule has 2 rings (SSSR count). The van der Waals surface area contributed by atoms with Crippen molar-refractivity contribution in [2.45, 2.75) is 26.4 Å². The number of aryl methyl sites for hydroxylation is 1. The highest BCUT2D eigenvalue weighted by Crippen LogP contribution is 2.20. The topological polar surface area (TPSA) is 88.4 Å². The molecule has 0 aliphatic heterocycles. The van der Waals surface area contributed by atoms with E-state index in [0.29, 0.717) is 17.0 Å². The SMILES string of the molecule is Cc1cccc(OCCC(=O)O[C@@H](C)C(=O)Nc2ccc(C#N)c(Cl)c2)c1. The first-order valence-corrected chi connectivity index (χ1v) is 8.66. The molecule has 1 amide bonds. The number of hydrogen-bond donors (Lipinski definition) is 1. The van der Waals surface area contributed by atoms with Crippen LogP contribution in [-0.4, -0.2) is 24.6 Å². The number of nitrogens with zero attached hydrogens (tertiary/aromatic N) is 1. The van der Waals surface area contributed by atoms with Gasteiger partial charge in [-0.25, -0.2) is 0 Å². The molecule has 0 heterocycles. The number of nitriles is 1. The average molecular weight is 387 g/mol. The molecule has 1 N–H and O–H groups in total.